The summed E-state index contributed by atoms with van der Waals surface area (Å²) in [6, 6.07) is 11.9. The Bertz CT molecular complexity index is 635. The first-order valence-electron chi connectivity index (χ1n) is 7.36. The van der Waals surface area contributed by atoms with Crippen molar-refractivity contribution in [3.8, 4) is 17.2 Å². The van der Waals surface area contributed by atoms with Crippen LogP contribution in [0.5, 0.6) is 17.2 Å². The molecule has 0 aromatic heterocycles. The molecule has 0 aliphatic heterocycles. The maximum absolute atomic E-state index is 6.04. The number of ether oxygens (including phenoxy) is 3. The molecule has 0 aliphatic rings. The minimum Gasteiger partial charge on any atom is -0.493 e. The molecule has 0 bridgehead atoms. The molecule has 0 fully saturated rings. The summed E-state index contributed by atoms with van der Waals surface area (Å²) in [5, 5.41) is 4.21. The topological polar surface area (TPSA) is 39.7 Å². The fourth-order valence-electron chi connectivity index (χ4n) is 2.40. The van der Waals surface area contributed by atoms with Gasteiger partial charge in [0.25, 0.3) is 0 Å². The molecule has 23 heavy (non-hydrogen) atoms. The van der Waals surface area contributed by atoms with Crippen LogP contribution in [0.25, 0.3) is 0 Å². The molecule has 1 N–H and O–H groups in total. The number of methoxy groups -OCH3 is 3. The number of rotatable bonds is 7. The number of nitrogens with one attached hydrogen (secondary N) is 1. The predicted molar refractivity (Wildman–Crippen MR) is 92.8 cm³/mol. The Hall–Kier alpha value is -1.91. The molecule has 124 valence electrons. The predicted octanol–water partition coefficient (Wildman–Crippen LogP) is 4.22. The van der Waals surface area contributed by atoms with Crippen LogP contribution in [0.2, 0.25) is 5.02 Å². The van der Waals surface area contributed by atoms with Crippen LogP contribution in [-0.4, -0.2) is 21.3 Å². The van der Waals surface area contributed by atoms with Crippen molar-refractivity contribution in [1.82, 2.24) is 5.32 Å². The molecule has 1 atom stereocenters. The molecule has 0 radical (unpaired) electrons. The van der Waals surface area contributed by atoms with Crippen LogP contribution in [0.1, 0.15) is 24.1 Å². The van der Waals surface area contributed by atoms with E-state index in [1.54, 1.807) is 21.3 Å². The highest BCUT2D eigenvalue weighted by atomic mass is 35.5. The average Bonchev–Trinajstić information content (AvgIpc) is 2.58. The van der Waals surface area contributed by atoms with Gasteiger partial charge >= 0.3 is 0 Å². The summed E-state index contributed by atoms with van der Waals surface area (Å²) in [6.45, 7) is 2.77. The standard InChI is InChI=1S/C18H22ClNO3/c1-12(14-6-5-7-15(19)10-14)20-11-13-8-16(21-2)18(23-4)17(9-13)22-3/h5-10,12,20H,11H2,1-4H3/t12-/m0/s1. The van der Waals surface area contributed by atoms with Crippen LogP contribution >= 0.6 is 11.6 Å². The van der Waals surface area contributed by atoms with E-state index in [2.05, 4.69) is 18.3 Å². The van der Waals surface area contributed by atoms with Gasteiger partial charge in [0.05, 0.1) is 21.3 Å². The molecule has 2 rings (SSSR count). The van der Waals surface area contributed by atoms with Crippen LogP contribution in [0.15, 0.2) is 36.4 Å². The average molecular weight is 336 g/mol. The largest absolute Gasteiger partial charge is 0.493 e. The molecule has 0 amide bonds. The van der Waals surface area contributed by atoms with E-state index < -0.39 is 0 Å². The van der Waals surface area contributed by atoms with Gasteiger partial charge in [-0.1, -0.05) is 23.7 Å². The van der Waals surface area contributed by atoms with Gasteiger partial charge in [-0.15, -0.1) is 0 Å². The maximum Gasteiger partial charge on any atom is 0.203 e. The third-order valence-electron chi connectivity index (χ3n) is 3.69. The van der Waals surface area contributed by atoms with Crippen molar-refractivity contribution >= 4 is 11.6 Å². The molecule has 0 heterocycles. The molecule has 0 spiro atoms. The third kappa shape index (κ3) is 4.30. The minimum atomic E-state index is 0.174. The summed E-state index contributed by atoms with van der Waals surface area (Å²) in [5.41, 5.74) is 2.19. The lowest BCUT2D eigenvalue weighted by molar-refractivity contribution is 0.323. The van der Waals surface area contributed by atoms with Crippen molar-refractivity contribution in [2.75, 3.05) is 21.3 Å². The number of benzene rings is 2. The van der Waals surface area contributed by atoms with Crippen molar-refractivity contribution in [3.63, 3.8) is 0 Å². The van der Waals surface area contributed by atoms with Crippen molar-refractivity contribution < 1.29 is 14.2 Å². The lowest BCUT2D eigenvalue weighted by atomic mass is 10.1. The van der Waals surface area contributed by atoms with E-state index in [0.29, 0.717) is 23.8 Å². The highest BCUT2D eigenvalue weighted by molar-refractivity contribution is 6.30. The van der Waals surface area contributed by atoms with Gasteiger partial charge < -0.3 is 19.5 Å². The third-order valence-corrected chi connectivity index (χ3v) is 3.92. The first-order chi connectivity index (χ1) is 11.1. The van der Waals surface area contributed by atoms with Gasteiger partial charge in [-0.3, -0.25) is 0 Å². The van der Waals surface area contributed by atoms with Gasteiger partial charge in [-0.05, 0) is 42.3 Å². The van der Waals surface area contributed by atoms with E-state index in [4.69, 9.17) is 25.8 Å². The van der Waals surface area contributed by atoms with E-state index in [0.717, 1.165) is 16.1 Å². The fraction of sp³-hybridized carbons (Fsp3) is 0.333. The molecule has 2 aromatic rings. The van der Waals surface area contributed by atoms with Crippen molar-refractivity contribution in [2.45, 2.75) is 19.5 Å². The molecular formula is C18H22ClNO3. The van der Waals surface area contributed by atoms with Gasteiger partial charge in [-0.2, -0.15) is 0 Å². The highest BCUT2D eigenvalue weighted by Gasteiger charge is 2.13. The molecule has 2 aromatic carbocycles. The quantitative estimate of drug-likeness (QED) is 0.822. The van der Waals surface area contributed by atoms with Crippen molar-refractivity contribution in [3.05, 3.63) is 52.5 Å². The van der Waals surface area contributed by atoms with Crippen LogP contribution in [0, 0.1) is 0 Å². The molecule has 0 saturated heterocycles. The van der Waals surface area contributed by atoms with E-state index in [9.17, 15) is 0 Å². The van der Waals surface area contributed by atoms with E-state index >= 15 is 0 Å². The molecular weight excluding hydrogens is 314 g/mol. The summed E-state index contributed by atoms with van der Waals surface area (Å²) in [7, 11) is 4.83. The van der Waals surface area contributed by atoms with Crippen LogP contribution in [0.4, 0.5) is 0 Å². The zero-order valence-electron chi connectivity index (χ0n) is 13.9. The highest BCUT2D eigenvalue weighted by Crippen LogP contribution is 2.38. The molecule has 0 saturated carbocycles. The minimum absolute atomic E-state index is 0.174. The zero-order chi connectivity index (χ0) is 16.8. The number of hydrogen-bond donors (Lipinski definition) is 1. The zero-order valence-corrected chi connectivity index (χ0v) is 14.6. The van der Waals surface area contributed by atoms with Gasteiger partial charge in [-0.25, -0.2) is 0 Å². The van der Waals surface area contributed by atoms with Gasteiger partial charge in [0.1, 0.15) is 0 Å². The Morgan fingerprint density at radius 1 is 1.00 bits per heavy atom. The van der Waals surface area contributed by atoms with E-state index in [-0.39, 0.29) is 6.04 Å². The Balaban J connectivity index is 2.14. The molecule has 0 aliphatic carbocycles. The summed E-state index contributed by atoms with van der Waals surface area (Å²) < 4.78 is 16.1. The van der Waals surface area contributed by atoms with Gasteiger partial charge in [0.2, 0.25) is 5.75 Å². The summed E-state index contributed by atoms with van der Waals surface area (Å²) in [6.07, 6.45) is 0. The van der Waals surface area contributed by atoms with Crippen LogP contribution in [0.3, 0.4) is 0 Å². The van der Waals surface area contributed by atoms with Crippen molar-refractivity contribution in [1.29, 1.82) is 0 Å². The molecule has 0 unspecified atom stereocenters. The second-order valence-corrected chi connectivity index (χ2v) is 5.63. The van der Waals surface area contributed by atoms with Crippen LogP contribution in [-0.2, 0) is 6.54 Å². The Morgan fingerprint density at radius 3 is 2.17 bits per heavy atom. The smallest absolute Gasteiger partial charge is 0.203 e. The summed E-state index contributed by atoms with van der Waals surface area (Å²) in [4.78, 5) is 0. The summed E-state index contributed by atoms with van der Waals surface area (Å²) in [5.74, 6) is 1.90. The first-order valence-corrected chi connectivity index (χ1v) is 7.74. The summed E-state index contributed by atoms with van der Waals surface area (Å²) >= 11 is 6.04. The lowest BCUT2D eigenvalue weighted by Gasteiger charge is -2.17. The Kier molecular flexibility index (Phi) is 6.13. The SMILES string of the molecule is COc1cc(CN[C@@H](C)c2cccc(Cl)c2)cc(OC)c1OC. The van der Waals surface area contributed by atoms with E-state index in [1.165, 1.54) is 0 Å². The normalized spacial score (nSPS) is 11.9. The monoisotopic (exact) mass is 335 g/mol. The second-order valence-electron chi connectivity index (χ2n) is 5.19. The fourth-order valence-corrected chi connectivity index (χ4v) is 2.60. The number of halogens is 1. The second kappa shape index (κ2) is 8.09. The Labute approximate surface area is 142 Å². The lowest BCUT2D eigenvalue weighted by Crippen LogP contribution is -2.18. The number of hydrogen-bond acceptors (Lipinski definition) is 4. The maximum atomic E-state index is 6.04. The van der Waals surface area contributed by atoms with Crippen molar-refractivity contribution in [2.24, 2.45) is 0 Å². The van der Waals surface area contributed by atoms with Gasteiger partial charge in [0.15, 0.2) is 11.5 Å². The Morgan fingerprint density at radius 2 is 1.65 bits per heavy atom. The first kappa shape index (κ1) is 17.4. The van der Waals surface area contributed by atoms with Gasteiger partial charge in [0, 0.05) is 17.6 Å². The molecule has 4 nitrogen and oxygen atoms in total. The van der Waals surface area contributed by atoms with Crippen LogP contribution < -0.4 is 19.5 Å². The molecule has 5 heteroatoms. The van der Waals surface area contributed by atoms with E-state index in [1.807, 2.05) is 30.3 Å².